The summed E-state index contributed by atoms with van der Waals surface area (Å²) in [6.07, 6.45) is 7.52. The van der Waals surface area contributed by atoms with E-state index in [0.717, 1.165) is 22.8 Å². The molecule has 0 amide bonds. The molecule has 2 aromatic carbocycles. The fraction of sp³-hybridized carbons (Fsp3) is 0.0556. The average Bonchev–Trinajstić information content (AvgIpc) is 3.01. The molecule has 0 unspecified atom stereocenters. The van der Waals surface area contributed by atoms with E-state index >= 15 is 0 Å². The number of halogens is 2. The molecule has 5 heteroatoms. The molecule has 0 spiro atoms. The average molecular weight is 345 g/mol. The van der Waals surface area contributed by atoms with Gasteiger partial charge in [0, 0.05) is 17.4 Å². The van der Waals surface area contributed by atoms with Gasteiger partial charge in [0.05, 0.1) is 17.8 Å². The number of ether oxygens (including phenoxy) is 1. The molecular formula is C18H14Cl2N2O. The van der Waals surface area contributed by atoms with Crippen LogP contribution in [0.5, 0.6) is 5.75 Å². The number of methoxy groups -OCH3 is 1. The summed E-state index contributed by atoms with van der Waals surface area (Å²) < 4.78 is 7.07. The van der Waals surface area contributed by atoms with Crippen molar-refractivity contribution in [2.75, 3.05) is 7.11 Å². The van der Waals surface area contributed by atoms with Gasteiger partial charge < -0.3 is 4.74 Å². The first-order chi connectivity index (χ1) is 11.2. The van der Waals surface area contributed by atoms with E-state index < -0.39 is 0 Å². The van der Waals surface area contributed by atoms with E-state index in [2.05, 4.69) is 4.98 Å². The van der Waals surface area contributed by atoms with E-state index in [1.165, 1.54) is 0 Å². The lowest BCUT2D eigenvalue weighted by molar-refractivity contribution is 0.415. The molecule has 0 aliphatic rings. The van der Waals surface area contributed by atoms with Gasteiger partial charge in [0.2, 0.25) is 0 Å². The van der Waals surface area contributed by atoms with E-state index in [4.69, 9.17) is 27.9 Å². The third kappa shape index (κ3) is 3.58. The lowest BCUT2D eigenvalue weighted by Crippen LogP contribution is -1.96. The zero-order chi connectivity index (χ0) is 16.2. The summed E-state index contributed by atoms with van der Waals surface area (Å²) in [5, 5.41) is 1.18. The van der Waals surface area contributed by atoms with Crippen molar-refractivity contribution in [3.63, 3.8) is 0 Å². The van der Waals surface area contributed by atoms with E-state index in [1.807, 2.05) is 53.2 Å². The lowest BCUT2D eigenvalue weighted by Gasteiger charge is -2.08. The lowest BCUT2D eigenvalue weighted by atomic mass is 10.2. The van der Waals surface area contributed by atoms with Crippen molar-refractivity contribution in [2.24, 2.45) is 0 Å². The summed E-state index contributed by atoms with van der Waals surface area (Å²) >= 11 is 12.2. The van der Waals surface area contributed by atoms with Crippen molar-refractivity contribution in [3.8, 4) is 11.4 Å². The van der Waals surface area contributed by atoms with Crippen LogP contribution in [0, 0.1) is 0 Å². The molecule has 0 saturated heterocycles. The standard InChI is InChI=1S/C18H14Cl2N2O/c1-23-15-6-2-13(3-7-15)4-9-18-21-10-11-22(18)17-8-5-14(19)12-16(17)20/h2-12H,1H3. The highest BCUT2D eigenvalue weighted by molar-refractivity contribution is 6.35. The Kier molecular flexibility index (Phi) is 4.70. The minimum atomic E-state index is 0.578. The quantitative estimate of drug-likeness (QED) is 0.637. The van der Waals surface area contributed by atoms with Crippen LogP contribution >= 0.6 is 23.2 Å². The molecule has 1 heterocycles. The van der Waals surface area contributed by atoms with Crippen molar-refractivity contribution in [2.45, 2.75) is 0 Å². The summed E-state index contributed by atoms with van der Waals surface area (Å²) in [6, 6.07) is 13.2. The maximum atomic E-state index is 6.27. The number of rotatable bonds is 4. The van der Waals surface area contributed by atoms with Crippen LogP contribution in [0.4, 0.5) is 0 Å². The molecule has 3 rings (SSSR count). The van der Waals surface area contributed by atoms with Gasteiger partial charge in [-0.3, -0.25) is 4.57 Å². The predicted molar refractivity (Wildman–Crippen MR) is 95.5 cm³/mol. The monoisotopic (exact) mass is 344 g/mol. The van der Waals surface area contributed by atoms with Crippen molar-refractivity contribution in [1.29, 1.82) is 0 Å². The molecule has 3 nitrogen and oxygen atoms in total. The van der Waals surface area contributed by atoms with Crippen molar-refractivity contribution < 1.29 is 4.74 Å². The minimum absolute atomic E-state index is 0.578. The molecule has 0 aliphatic heterocycles. The minimum Gasteiger partial charge on any atom is -0.497 e. The zero-order valence-corrected chi connectivity index (χ0v) is 13.9. The van der Waals surface area contributed by atoms with Gasteiger partial charge in [0.15, 0.2) is 0 Å². The van der Waals surface area contributed by atoms with Gasteiger partial charge in [-0.25, -0.2) is 4.98 Å². The predicted octanol–water partition coefficient (Wildman–Crippen LogP) is 5.36. The molecule has 0 N–H and O–H groups in total. The second kappa shape index (κ2) is 6.90. The van der Waals surface area contributed by atoms with Crippen molar-refractivity contribution in [1.82, 2.24) is 9.55 Å². The third-order valence-corrected chi connectivity index (χ3v) is 3.92. The number of nitrogens with zero attached hydrogens (tertiary/aromatic N) is 2. The Balaban J connectivity index is 1.89. The van der Waals surface area contributed by atoms with Crippen LogP contribution < -0.4 is 4.74 Å². The highest BCUT2D eigenvalue weighted by Gasteiger charge is 2.07. The topological polar surface area (TPSA) is 27.1 Å². The molecule has 1 aromatic heterocycles. The van der Waals surface area contributed by atoms with E-state index in [-0.39, 0.29) is 0 Å². The molecule has 0 aliphatic carbocycles. The van der Waals surface area contributed by atoms with Crippen LogP contribution in [0.3, 0.4) is 0 Å². The fourth-order valence-corrected chi connectivity index (χ4v) is 2.70. The highest BCUT2D eigenvalue weighted by Crippen LogP contribution is 2.25. The van der Waals surface area contributed by atoms with Crippen LogP contribution in [-0.4, -0.2) is 16.7 Å². The zero-order valence-electron chi connectivity index (χ0n) is 12.4. The van der Waals surface area contributed by atoms with Gasteiger partial charge in [0.25, 0.3) is 0 Å². The molecule has 0 radical (unpaired) electrons. The van der Waals surface area contributed by atoms with Crippen LogP contribution in [0.2, 0.25) is 10.0 Å². The van der Waals surface area contributed by atoms with Crippen LogP contribution in [-0.2, 0) is 0 Å². The summed E-state index contributed by atoms with van der Waals surface area (Å²) in [6.45, 7) is 0. The van der Waals surface area contributed by atoms with Gasteiger partial charge in [0.1, 0.15) is 11.6 Å². The number of benzene rings is 2. The van der Waals surface area contributed by atoms with Crippen molar-refractivity contribution in [3.05, 3.63) is 76.3 Å². The summed E-state index contributed by atoms with van der Waals surface area (Å²) in [4.78, 5) is 4.36. The number of hydrogen-bond donors (Lipinski definition) is 0. The Labute approximate surface area is 144 Å². The summed E-state index contributed by atoms with van der Waals surface area (Å²) in [5.74, 6) is 1.61. The van der Waals surface area contributed by atoms with Gasteiger partial charge in [-0.05, 0) is 42.0 Å². The van der Waals surface area contributed by atoms with Gasteiger partial charge in [-0.1, -0.05) is 41.4 Å². The first kappa shape index (κ1) is 15.7. The van der Waals surface area contributed by atoms with Gasteiger partial charge >= 0.3 is 0 Å². The molecule has 0 fully saturated rings. The molecule has 0 bridgehead atoms. The van der Waals surface area contributed by atoms with E-state index in [0.29, 0.717) is 10.0 Å². The smallest absolute Gasteiger partial charge is 0.137 e. The number of aromatic nitrogens is 2. The third-order valence-electron chi connectivity index (χ3n) is 3.38. The Morgan fingerprint density at radius 2 is 1.83 bits per heavy atom. The van der Waals surface area contributed by atoms with E-state index in [1.54, 1.807) is 25.4 Å². The second-order valence-electron chi connectivity index (χ2n) is 4.86. The Hall–Kier alpha value is -2.23. The first-order valence-electron chi connectivity index (χ1n) is 6.98. The first-order valence-corrected chi connectivity index (χ1v) is 7.74. The molecule has 3 aromatic rings. The Morgan fingerprint density at radius 3 is 2.52 bits per heavy atom. The number of imidazole rings is 1. The van der Waals surface area contributed by atoms with Crippen molar-refractivity contribution >= 4 is 35.4 Å². The molecule has 23 heavy (non-hydrogen) atoms. The fourth-order valence-electron chi connectivity index (χ4n) is 2.20. The largest absolute Gasteiger partial charge is 0.497 e. The molecule has 116 valence electrons. The normalized spacial score (nSPS) is 11.1. The Morgan fingerprint density at radius 1 is 1.04 bits per heavy atom. The van der Waals surface area contributed by atoms with Crippen LogP contribution in [0.15, 0.2) is 54.9 Å². The van der Waals surface area contributed by atoms with Crippen LogP contribution in [0.25, 0.3) is 17.8 Å². The highest BCUT2D eigenvalue weighted by atomic mass is 35.5. The molecule has 0 atom stereocenters. The SMILES string of the molecule is COc1ccc(C=Cc2nccn2-c2ccc(Cl)cc2Cl)cc1. The second-order valence-corrected chi connectivity index (χ2v) is 5.70. The van der Waals surface area contributed by atoms with Gasteiger partial charge in [-0.2, -0.15) is 0 Å². The summed E-state index contributed by atoms with van der Waals surface area (Å²) in [5.41, 5.74) is 1.89. The summed E-state index contributed by atoms with van der Waals surface area (Å²) in [7, 11) is 1.65. The maximum Gasteiger partial charge on any atom is 0.137 e. The Bertz CT molecular complexity index is 838. The number of hydrogen-bond acceptors (Lipinski definition) is 2. The molecule has 0 saturated carbocycles. The molecular weight excluding hydrogens is 331 g/mol. The maximum absolute atomic E-state index is 6.27. The van der Waals surface area contributed by atoms with Gasteiger partial charge in [-0.15, -0.1) is 0 Å². The van der Waals surface area contributed by atoms with Crippen LogP contribution in [0.1, 0.15) is 11.4 Å². The van der Waals surface area contributed by atoms with E-state index in [9.17, 15) is 0 Å².